The van der Waals surface area contributed by atoms with Gasteiger partial charge in [0.15, 0.2) is 5.43 Å². The van der Waals surface area contributed by atoms with Crippen molar-refractivity contribution in [3.63, 3.8) is 0 Å². The van der Waals surface area contributed by atoms with Crippen molar-refractivity contribution in [2.75, 3.05) is 0 Å². The first-order valence-corrected chi connectivity index (χ1v) is 6.32. The zero-order chi connectivity index (χ0) is 14.5. The van der Waals surface area contributed by atoms with Crippen LogP contribution in [0, 0.1) is 0 Å². The predicted molar refractivity (Wildman–Crippen MR) is 80.5 cm³/mol. The lowest BCUT2D eigenvalue weighted by atomic mass is 10.1. The number of benzene rings is 1. The summed E-state index contributed by atoms with van der Waals surface area (Å²) in [6.07, 6.45) is 2.81. The predicted octanol–water partition coefficient (Wildman–Crippen LogP) is 1.13. The molecule has 1 aromatic heterocycles. The Morgan fingerprint density at radius 1 is 1.25 bits per heavy atom. The van der Waals surface area contributed by atoms with Gasteiger partial charge in [-0.3, -0.25) is 9.59 Å². The number of carbonyl (C=O) groups is 1. The number of hydrogen-bond donors (Lipinski definition) is 3. The Morgan fingerprint density at radius 2 is 1.95 bits per heavy atom. The molecule has 20 heavy (non-hydrogen) atoms. The van der Waals surface area contributed by atoms with Crippen molar-refractivity contribution in [3.05, 3.63) is 70.1 Å². The van der Waals surface area contributed by atoms with Gasteiger partial charge >= 0.3 is 0 Å². The second-order valence-electron chi connectivity index (χ2n) is 4.14. The molecule has 2 rings (SSSR count). The summed E-state index contributed by atoms with van der Waals surface area (Å²) < 4.78 is 0. The van der Waals surface area contributed by atoms with Crippen LogP contribution in [0.2, 0.25) is 0 Å². The van der Waals surface area contributed by atoms with Gasteiger partial charge in [-0.15, -0.1) is 0 Å². The van der Waals surface area contributed by atoms with Gasteiger partial charge in [0.2, 0.25) is 0 Å². The molecule has 0 aliphatic heterocycles. The van der Waals surface area contributed by atoms with E-state index < -0.39 is 11.9 Å². The van der Waals surface area contributed by atoms with Gasteiger partial charge in [0, 0.05) is 18.5 Å². The van der Waals surface area contributed by atoms with Crippen LogP contribution >= 0.6 is 12.2 Å². The minimum absolute atomic E-state index is 0.0182. The van der Waals surface area contributed by atoms with Crippen LogP contribution in [0.25, 0.3) is 0 Å². The van der Waals surface area contributed by atoms with Crippen molar-refractivity contribution in [2.24, 2.45) is 5.73 Å². The Morgan fingerprint density at radius 3 is 2.55 bits per heavy atom. The van der Waals surface area contributed by atoms with Crippen molar-refractivity contribution >= 4 is 23.1 Å². The summed E-state index contributed by atoms with van der Waals surface area (Å²) >= 11 is 4.98. The minimum atomic E-state index is -0.613. The molecule has 5 nitrogen and oxygen atoms in total. The number of hydrogen-bond acceptors (Lipinski definition) is 3. The maximum atomic E-state index is 12.1. The highest BCUT2D eigenvalue weighted by molar-refractivity contribution is 7.80. The molecule has 2 aromatic rings. The smallest absolute Gasteiger partial charge is 0.257 e. The lowest BCUT2D eigenvalue weighted by Crippen LogP contribution is -2.38. The maximum Gasteiger partial charge on any atom is 0.257 e. The monoisotopic (exact) mass is 287 g/mol. The van der Waals surface area contributed by atoms with Crippen molar-refractivity contribution in [2.45, 2.75) is 6.04 Å². The molecule has 0 radical (unpaired) electrons. The van der Waals surface area contributed by atoms with Gasteiger partial charge in [0.25, 0.3) is 5.91 Å². The van der Waals surface area contributed by atoms with Gasteiger partial charge in [-0.25, -0.2) is 0 Å². The molecule has 0 aliphatic rings. The Hall–Kier alpha value is -2.47. The third-order valence-corrected chi connectivity index (χ3v) is 3.00. The largest absolute Gasteiger partial charge is 0.391 e. The maximum absolute atomic E-state index is 12.1. The van der Waals surface area contributed by atoms with Gasteiger partial charge in [-0.2, -0.15) is 0 Å². The van der Waals surface area contributed by atoms with Crippen LogP contribution in [0.15, 0.2) is 53.6 Å². The van der Waals surface area contributed by atoms with Crippen molar-refractivity contribution in [1.29, 1.82) is 0 Å². The zero-order valence-electron chi connectivity index (χ0n) is 10.5. The SMILES string of the molecule is NC(=S)C(NC(=O)c1c[nH]ccc1=O)c1ccccc1. The summed E-state index contributed by atoms with van der Waals surface area (Å²) in [6.45, 7) is 0. The summed E-state index contributed by atoms with van der Waals surface area (Å²) in [5.41, 5.74) is 6.08. The Balaban J connectivity index is 2.26. The third kappa shape index (κ3) is 3.10. The van der Waals surface area contributed by atoms with Crippen LogP contribution in [0.3, 0.4) is 0 Å². The Labute approximate surface area is 120 Å². The van der Waals surface area contributed by atoms with E-state index in [-0.39, 0.29) is 16.0 Å². The zero-order valence-corrected chi connectivity index (χ0v) is 11.3. The van der Waals surface area contributed by atoms with Crippen LogP contribution in [0.1, 0.15) is 22.0 Å². The molecule has 1 unspecified atom stereocenters. The topological polar surface area (TPSA) is 88.0 Å². The molecule has 4 N–H and O–H groups in total. The summed E-state index contributed by atoms with van der Waals surface area (Å²) in [6, 6.07) is 9.78. The molecule has 0 saturated carbocycles. The fourth-order valence-electron chi connectivity index (χ4n) is 1.77. The lowest BCUT2D eigenvalue weighted by molar-refractivity contribution is 0.0945. The van der Waals surface area contributed by atoms with E-state index in [1.807, 2.05) is 18.2 Å². The molecule has 102 valence electrons. The third-order valence-electron chi connectivity index (χ3n) is 2.76. The summed E-state index contributed by atoms with van der Waals surface area (Å²) in [5.74, 6) is -0.520. The fraction of sp³-hybridized carbons (Fsp3) is 0.0714. The van der Waals surface area contributed by atoms with E-state index in [1.54, 1.807) is 12.1 Å². The number of thiocarbonyl (C=S) groups is 1. The quantitative estimate of drug-likeness (QED) is 0.736. The summed E-state index contributed by atoms with van der Waals surface area (Å²) in [4.78, 5) is 26.5. The van der Waals surface area contributed by atoms with Gasteiger partial charge in [-0.05, 0) is 5.56 Å². The molecule has 0 bridgehead atoms. The van der Waals surface area contributed by atoms with Crippen LogP contribution in [0.4, 0.5) is 0 Å². The van der Waals surface area contributed by atoms with Gasteiger partial charge in [0.05, 0.1) is 0 Å². The van der Waals surface area contributed by atoms with E-state index >= 15 is 0 Å². The van der Waals surface area contributed by atoms with E-state index in [4.69, 9.17) is 18.0 Å². The van der Waals surface area contributed by atoms with E-state index in [9.17, 15) is 9.59 Å². The standard InChI is InChI=1S/C14H13N3O2S/c15-13(20)12(9-4-2-1-3-5-9)17-14(19)10-8-16-7-6-11(10)18/h1-8,12H,(H2,15,20)(H,16,18)(H,17,19). The molecule has 0 aliphatic carbocycles. The van der Waals surface area contributed by atoms with E-state index in [0.717, 1.165) is 5.56 Å². The Bertz CT molecular complexity index is 682. The number of pyridine rings is 1. The van der Waals surface area contributed by atoms with E-state index in [0.29, 0.717) is 0 Å². The van der Waals surface area contributed by atoms with Crippen molar-refractivity contribution < 1.29 is 4.79 Å². The van der Waals surface area contributed by atoms with E-state index in [1.165, 1.54) is 18.5 Å². The highest BCUT2D eigenvalue weighted by atomic mass is 32.1. The molecule has 1 aromatic carbocycles. The first kappa shape index (κ1) is 14.0. The normalized spacial score (nSPS) is 11.6. The molecule has 1 heterocycles. The number of amides is 1. The highest BCUT2D eigenvalue weighted by Crippen LogP contribution is 2.13. The van der Waals surface area contributed by atoms with Gasteiger partial charge in [0.1, 0.15) is 16.6 Å². The van der Waals surface area contributed by atoms with Crippen LogP contribution in [-0.4, -0.2) is 15.9 Å². The van der Waals surface area contributed by atoms with E-state index in [2.05, 4.69) is 10.3 Å². The molecular weight excluding hydrogens is 274 g/mol. The molecule has 1 amide bonds. The summed E-state index contributed by atoms with van der Waals surface area (Å²) in [5, 5.41) is 2.66. The number of H-pyrrole nitrogens is 1. The number of aromatic amines is 1. The van der Waals surface area contributed by atoms with Crippen LogP contribution in [-0.2, 0) is 0 Å². The number of aromatic nitrogens is 1. The Kier molecular flexibility index (Phi) is 4.27. The van der Waals surface area contributed by atoms with Crippen molar-refractivity contribution in [1.82, 2.24) is 10.3 Å². The number of nitrogens with two attached hydrogens (primary N) is 1. The average molecular weight is 287 g/mol. The summed E-state index contributed by atoms with van der Waals surface area (Å²) in [7, 11) is 0. The lowest BCUT2D eigenvalue weighted by Gasteiger charge is -2.17. The second-order valence-corrected chi connectivity index (χ2v) is 4.61. The van der Waals surface area contributed by atoms with Crippen LogP contribution in [0.5, 0.6) is 0 Å². The van der Waals surface area contributed by atoms with Crippen molar-refractivity contribution in [3.8, 4) is 0 Å². The first-order chi connectivity index (χ1) is 9.59. The highest BCUT2D eigenvalue weighted by Gasteiger charge is 2.19. The van der Waals surface area contributed by atoms with Gasteiger partial charge < -0.3 is 16.0 Å². The molecule has 0 saturated heterocycles. The number of carbonyl (C=O) groups excluding carboxylic acids is 1. The van der Waals surface area contributed by atoms with Gasteiger partial charge in [-0.1, -0.05) is 42.5 Å². The molecular formula is C14H13N3O2S. The number of rotatable bonds is 4. The molecule has 0 spiro atoms. The van der Waals surface area contributed by atoms with Crippen LogP contribution < -0.4 is 16.5 Å². The first-order valence-electron chi connectivity index (χ1n) is 5.92. The molecule has 6 heteroatoms. The average Bonchev–Trinajstić information content (AvgIpc) is 2.45. The fourth-order valence-corrected chi connectivity index (χ4v) is 1.96. The second kappa shape index (κ2) is 6.12. The molecule has 0 fully saturated rings. The molecule has 1 atom stereocenters. The number of nitrogens with one attached hydrogen (secondary N) is 2. The minimum Gasteiger partial charge on any atom is -0.391 e.